The third-order valence-corrected chi connectivity index (χ3v) is 7.03. The van der Waals surface area contributed by atoms with Gasteiger partial charge in [0.05, 0.1) is 7.11 Å². The number of carbonyl (C=O) groups excluding carboxylic acids is 1. The van der Waals surface area contributed by atoms with Crippen molar-refractivity contribution in [2.75, 3.05) is 26.5 Å². The number of hydrazine groups is 1. The van der Waals surface area contributed by atoms with Crippen molar-refractivity contribution in [3.05, 3.63) is 53.6 Å². The molecule has 0 aliphatic carbocycles. The lowest BCUT2D eigenvalue weighted by atomic mass is 10.0. The number of benzene rings is 2. The van der Waals surface area contributed by atoms with Gasteiger partial charge in [0.25, 0.3) is 0 Å². The molecule has 2 unspecified atom stereocenters. The van der Waals surface area contributed by atoms with Crippen LogP contribution in [0.15, 0.2) is 47.4 Å². The highest BCUT2D eigenvalue weighted by atomic mass is 32.2. The van der Waals surface area contributed by atoms with Crippen LogP contribution in [0.2, 0.25) is 0 Å². The fraction of sp³-hybridized carbons (Fsp3) is 0.381. The van der Waals surface area contributed by atoms with Crippen LogP contribution in [0.1, 0.15) is 30.5 Å². The molecule has 2 atom stereocenters. The van der Waals surface area contributed by atoms with Gasteiger partial charge in [-0.3, -0.25) is 4.79 Å². The average molecular weight is 433 g/mol. The van der Waals surface area contributed by atoms with Gasteiger partial charge in [0, 0.05) is 25.8 Å². The Morgan fingerprint density at radius 1 is 1.17 bits per heavy atom. The molecule has 0 bridgehead atoms. The maximum atomic E-state index is 12.6. The van der Waals surface area contributed by atoms with Gasteiger partial charge in [0.1, 0.15) is 16.7 Å². The Hall–Kier alpha value is -2.46. The van der Waals surface area contributed by atoms with E-state index in [1.54, 1.807) is 18.2 Å². The summed E-state index contributed by atoms with van der Waals surface area (Å²) in [5.74, 6) is 0.132. The highest BCUT2D eigenvalue weighted by Crippen LogP contribution is 2.31. The molecular formula is C21H28N4O4S. The van der Waals surface area contributed by atoms with Crippen LogP contribution < -0.4 is 20.9 Å². The summed E-state index contributed by atoms with van der Waals surface area (Å²) in [6, 6.07) is 12.1. The van der Waals surface area contributed by atoms with E-state index in [0.29, 0.717) is 6.42 Å². The van der Waals surface area contributed by atoms with Crippen molar-refractivity contribution >= 4 is 21.6 Å². The third kappa shape index (κ3) is 4.65. The number of nitrogens with zero attached hydrogens (tertiary/aromatic N) is 1. The number of hydrogen-bond donors (Lipinski definition) is 3. The van der Waals surface area contributed by atoms with Crippen LogP contribution in [0.4, 0.5) is 5.69 Å². The van der Waals surface area contributed by atoms with Crippen molar-refractivity contribution < 1.29 is 17.9 Å². The van der Waals surface area contributed by atoms with Crippen molar-refractivity contribution in [2.24, 2.45) is 0 Å². The first kappa shape index (κ1) is 22.2. The van der Waals surface area contributed by atoms with E-state index < -0.39 is 16.1 Å². The van der Waals surface area contributed by atoms with Crippen molar-refractivity contribution in [3.63, 3.8) is 0 Å². The minimum Gasteiger partial charge on any atom is -0.495 e. The molecule has 162 valence electrons. The highest BCUT2D eigenvalue weighted by Gasteiger charge is 2.32. The molecule has 30 heavy (non-hydrogen) atoms. The van der Waals surface area contributed by atoms with Crippen molar-refractivity contribution in [1.82, 2.24) is 15.2 Å². The summed E-state index contributed by atoms with van der Waals surface area (Å²) in [5, 5.41) is 2.91. The SMILES string of the molecule is CCc1ccc(NC(=O)C2CC(c3ccc(OC)c(S(=O)(=O)N(C)C)c3)NN2)cc1. The molecule has 0 aromatic heterocycles. The van der Waals surface area contributed by atoms with Gasteiger partial charge in [-0.05, 0) is 48.2 Å². The number of rotatable bonds is 7. The highest BCUT2D eigenvalue weighted by molar-refractivity contribution is 7.89. The molecule has 2 aromatic rings. The van der Waals surface area contributed by atoms with Crippen LogP contribution in [0, 0.1) is 0 Å². The number of amides is 1. The summed E-state index contributed by atoms with van der Waals surface area (Å²) >= 11 is 0. The van der Waals surface area contributed by atoms with Crippen LogP contribution in [-0.4, -0.2) is 45.9 Å². The third-order valence-electron chi connectivity index (χ3n) is 5.20. The maximum Gasteiger partial charge on any atom is 0.246 e. The van der Waals surface area contributed by atoms with E-state index in [-0.39, 0.29) is 22.6 Å². The number of ether oxygens (including phenoxy) is 1. The van der Waals surface area contributed by atoms with Gasteiger partial charge in [0.15, 0.2) is 0 Å². The second-order valence-corrected chi connectivity index (χ2v) is 9.49. The van der Waals surface area contributed by atoms with Gasteiger partial charge in [-0.1, -0.05) is 25.1 Å². The molecule has 9 heteroatoms. The van der Waals surface area contributed by atoms with Crippen molar-refractivity contribution in [2.45, 2.75) is 36.7 Å². The second-order valence-electron chi connectivity index (χ2n) is 7.37. The Bertz CT molecular complexity index is 1010. The molecular weight excluding hydrogens is 404 g/mol. The maximum absolute atomic E-state index is 12.6. The van der Waals surface area contributed by atoms with Gasteiger partial charge < -0.3 is 10.1 Å². The van der Waals surface area contributed by atoms with E-state index in [4.69, 9.17) is 4.74 Å². The van der Waals surface area contributed by atoms with Gasteiger partial charge in [0.2, 0.25) is 15.9 Å². The van der Waals surface area contributed by atoms with E-state index in [1.807, 2.05) is 24.3 Å². The zero-order valence-electron chi connectivity index (χ0n) is 17.6. The summed E-state index contributed by atoms with van der Waals surface area (Å²) < 4.78 is 31.7. The zero-order valence-corrected chi connectivity index (χ0v) is 18.4. The van der Waals surface area contributed by atoms with E-state index in [9.17, 15) is 13.2 Å². The van der Waals surface area contributed by atoms with Crippen LogP contribution in [0.25, 0.3) is 0 Å². The molecule has 0 spiro atoms. The van der Waals surface area contributed by atoms with E-state index in [2.05, 4.69) is 23.1 Å². The quantitative estimate of drug-likeness (QED) is 0.619. The standard InChI is InChI=1S/C21H28N4O4S/c1-5-14-6-9-16(10-7-14)22-21(26)18-13-17(23-24-18)15-8-11-19(29-4)20(12-15)30(27,28)25(2)3/h6-12,17-18,23-24H,5,13H2,1-4H3,(H,22,26). The largest absolute Gasteiger partial charge is 0.495 e. The van der Waals surface area contributed by atoms with Crippen molar-refractivity contribution in [1.29, 1.82) is 0 Å². The summed E-state index contributed by atoms with van der Waals surface area (Å²) in [6.07, 6.45) is 1.42. The molecule has 2 aromatic carbocycles. The number of aryl methyl sites for hydroxylation is 1. The smallest absolute Gasteiger partial charge is 0.246 e. The van der Waals surface area contributed by atoms with Crippen LogP contribution in [0.5, 0.6) is 5.75 Å². The van der Waals surface area contributed by atoms with Crippen LogP contribution in [0.3, 0.4) is 0 Å². The predicted molar refractivity (Wildman–Crippen MR) is 116 cm³/mol. The summed E-state index contributed by atoms with van der Waals surface area (Å²) in [6.45, 7) is 2.08. The number of hydrogen-bond acceptors (Lipinski definition) is 6. The second kappa shape index (κ2) is 9.13. The lowest BCUT2D eigenvalue weighted by Crippen LogP contribution is -2.39. The molecule has 0 radical (unpaired) electrons. The Labute approximate surface area is 177 Å². The summed E-state index contributed by atoms with van der Waals surface area (Å²) in [5.41, 5.74) is 8.80. The monoisotopic (exact) mass is 432 g/mol. The molecule has 1 amide bonds. The van der Waals surface area contributed by atoms with Gasteiger partial charge in [-0.2, -0.15) is 0 Å². The molecule has 1 saturated heterocycles. The minimum absolute atomic E-state index is 0.0956. The lowest BCUT2D eigenvalue weighted by Gasteiger charge is -2.17. The van der Waals surface area contributed by atoms with Gasteiger partial charge in [-0.25, -0.2) is 23.6 Å². The molecule has 3 rings (SSSR count). The van der Waals surface area contributed by atoms with Crippen LogP contribution in [-0.2, 0) is 21.2 Å². The van der Waals surface area contributed by atoms with E-state index in [0.717, 1.165) is 22.0 Å². The predicted octanol–water partition coefficient (Wildman–Crippen LogP) is 2.05. The Kier molecular flexibility index (Phi) is 6.77. The minimum atomic E-state index is -3.67. The first-order chi connectivity index (χ1) is 14.3. The number of nitrogens with one attached hydrogen (secondary N) is 3. The Morgan fingerprint density at radius 3 is 2.47 bits per heavy atom. The normalized spacial score (nSPS) is 19.1. The molecule has 1 fully saturated rings. The first-order valence-electron chi connectivity index (χ1n) is 9.77. The topological polar surface area (TPSA) is 99.8 Å². The van der Waals surface area contributed by atoms with E-state index in [1.165, 1.54) is 26.8 Å². The number of methoxy groups -OCH3 is 1. The molecule has 1 aliphatic rings. The number of anilines is 1. The lowest BCUT2D eigenvalue weighted by molar-refractivity contribution is -0.117. The molecule has 1 aliphatic heterocycles. The van der Waals surface area contributed by atoms with E-state index >= 15 is 0 Å². The number of carbonyl (C=O) groups is 1. The Morgan fingerprint density at radius 2 is 1.87 bits per heavy atom. The summed E-state index contributed by atoms with van der Waals surface area (Å²) in [7, 11) is 0.723. The van der Waals surface area contributed by atoms with Crippen LogP contribution >= 0.6 is 0 Å². The number of sulfonamides is 1. The zero-order chi connectivity index (χ0) is 21.9. The van der Waals surface area contributed by atoms with Gasteiger partial charge in [-0.15, -0.1) is 0 Å². The fourth-order valence-electron chi connectivity index (χ4n) is 3.31. The molecule has 0 saturated carbocycles. The fourth-order valence-corrected chi connectivity index (χ4v) is 4.39. The van der Waals surface area contributed by atoms with Gasteiger partial charge >= 0.3 is 0 Å². The first-order valence-corrected chi connectivity index (χ1v) is 11.2. The summed E-state index contributed by atoms with van der Waals surface area (Å²) in [4.78, 5) is 12.7. The average Bonchev–Trinajstić information content (AvgIpc) is 3.24. The molecule has 1 heterocycles. The molecule has 3 N–H and O–H groups in total. The Balaban J connectivity index is 1.73. The van der Waals surface area contributed by atoms with Crippen molar-refractivity contribution in [3.8, 4) is 5.75 Å². The molecule has 8 nitrogen and oxygen atoms in total.